The monoisotopic (exact) mass is 326 g/mol. The van der Waals surface area contributed by atoms with Crippen molar-refractivity contribution in [2.45, 2.75) is 25.4 Å². The Morgan fingerprint density at radius 3 is 2.90 bits per heavy atom. The van der Waals surface area contributed by atoms with Crippen molar-refractivity contribution in [3.8, 4) is 0 Å². The first-order chi connectivity index (χ1) is 10.1. The maximum atomic E-state index is 11.8. The smallest absolute Gasteiger partial charge is 0.286 e. The highest BCUT2D eigenvalue weighted by atomic mass is 35.5. The van der Waals surface area contributed by atoms with Gasteiger partial charge in [0.15, 0.2) is 0 Å². The molecular weight excluding hydrogens is 316 g/mol. The average molecular weight is 327 g/mol. The Bertz CT molecular complexity index is 680. The summed E-state index contributed by atoms with van der Waals surface area (Å²) in [5.74, 6) is -0.504. The molecule has 0 bridgehead atoms. The Labute approximate surface area is 128 Å². The Kier molecular flexibility index (Phi) is 3.84. The lowest BCUT2D eigenvalue weighted by Gasteiger charge is -2.02. The number of anilines is 1. The van der Waals surface area contributed by atoms with Crippen molar-refractivity contribution in [2.24, 2.45) is 0 Å². The van der Waals surface area contributed by atoms with Crippen LogP contribution in [0, 0.1) is 0 Å². The zero-order valence-corrected chi connectivity index (χ0v) is 12.3. The minimum atomic E-state index is -0.415. The summed E-state index contributed by atoms with van der Waals surface area (Å²) in [7, 11) is 0. The minimum Gasteiger partial charge on any atom is -0.352 e. The predicted octanol–water partition coefficient (Wildman–Crippen LogP) is 0.919. The maximum absolute atomic E-state index is 11.8. The largest absolute Gasteiger partial charge is 0.352 e. The normalized spacial score (nSPS) is 14.0. The second-order valence-corrected chi connectivity index (χ2v) is 6.14. The van der Waals surface area contributed by atoms with Gasteiger partial charge < -0.3 is 10.6 Å². The predicted molar refractivity (Wildman–Crippen MR) is 76.3 cm³/mol. The van der Waals surface area contributed by atoms with Crippen LogP contribution in [0.5, 0.6) is 0 Å². The number of nitrogens with zero attached hydrogens (tertiary/aromatic N) is 4. The highest BCUT2D eigenvalue weighted by molar-refractivity contribution is 7.17. The third-order valence-electron chi connectivity index (χ3n) is 2.73. The lowest BCUT2D eigenvalue weighted by Crippen LogP contribution is -2.29. The van der Waals surface area contributed by atoms with Crippen molar-refractivity contribution in [3.63, 3.8) is 0 Å². The summed E-state index contributed by atoms with van der Waals surface area (Å²) in [5, 5.41) is 16.9. The molecule has 0 spiro atoms. The van der Waals surface area contributed by atoms with Gasteiger partial charge in [-0.15, -0.1) is 10.2 Å². The molecule has 0 aliphatic heterocycles. The molecule has 2 aromatic rings. The zero-order valence-electron chi connectivity index (χ0n) is 10.7. The molecule has 0 unspecified atom stereocenters. The van der Waals surface area contributed by atoms with E-state index < -0.39 is 5.91 Å². The van der Waals surface area contributed by atoms with E-state index in [1.54, 1.807) is 6.20 Å². The topological polar surface area (TPSA) is 102 Å². The van der Waals surface area contributed by atoms with Gasteiger partial charge in [-0.05, 0) is 24.4 Å². The third kappa shape index (κ3) is 3.76. The van der Waals surface area contributed by atoms with Crippen LogP contribution in [0.25, 0.3) is 0 Å². The summed E-state index contributed by atoms with van der Waals surface area (Å²) in [6, 6.07) is 0.314. The van der Waals surface area contributed by atoms with Crippen molar-refractivity contribution in [2.75, 3.05) is 5.32 Å². The number of hydrogen-bond donors (Lipinski definition) is 2. The molecule has 8 nitrogen and oxygen atoms in total. The van der Waals surface area contributed by atoms with E-state index in [-0.39, 0.29) is 21.9 Å². The molecule has 1 fully saturated rings. The average Bonchev–Trinajstić information content (AvgIpc) is 2.95. The number of rotatable bonds is 5. The molecule has 3 rings (SSSR count). The first-order valence-corrected chi connectivity index (χ1v) is 7.42. The summed E-state index contributed by atoms with van der Waals surface area (Å²) in [5.41, 5.74) is 0.477. The molecule has 2 N–H and O–H groups in total. The van der Waals surface area contributed by atoms with Crippen LogP contribution in [0.3, 0.4) is 0 Å². The van der Waals surface area contributed by atoms with Crippen molar-refractivity contribution >= 4 is 40.4 Å². The van der Waals surface area contributed by atoms with Gasteiger partial charge in [0, 0.05) is 12.2 Å². The Hall–Kier alpha value is -2.00. The van der Waals surface area contributed by atoms with Crippen LogP contribution in [0.1, 0.15) is 22.6 Å². The van der Waals surface area contributed by atoms with E-state index in [1.165, 1.54) is 10.9 Å². The van der Waals surface area contributed by atoms with E-state index in [0.717, 1.165) is 24.2 Å². The van der Waals surface area contributed by atoms with Crippen molar-refractivity contribution in [1.29, 1.82) is 0 Å². The van der Waals surface area contributed by atoms with Gasteiger partial charge in [0.1, 0.15) is 6.54 Å². The molecule has 0 aromatic carbocycles. The number of aromatic nitrogens is 4. The van der Waals surface area contributed by atoms with Crippen molar-refractivity contribution in [1.82, 2.24) is 25.3 Å². The zero-order chi connectivity index (χ0) is 14.8. The van der Waals surface area contributed by atoms with Gasteiger partial charge in [0.2, 0.25) is 15.4 Å². The van der Waals surface area contributed by atoms with Gasteiger partial charge in [0.25, 0.3) is 5.91 Å². The molecule has 1 aliphatic carbocycles. The SMILES string of the molecule is O=C(Cn1cc(NC(=O)c2nnc(Cl)s2)cn1)NC1CC1. The van der Waals surface area contributed by atoms with E-state index in [4.69, 9.17) is 11.6 Å². The molecule has 1 aliphatic rings. The van der Waals surface area contributed by atoms with Gasteiger partial charge >= 0.3 is 0 Å². The number of halogens is 1. The third-order valence-corrected chi connectivity index (χ3v) is 3.75. The van der Waals surface area contributed by atoms with Gasteiger partial charge in [-0.3, -0.25) is 14.3 Å². The number of carbonyl (C=O) groups is 2. The fraction of sp³-hybridized carbons (Fsp3) is 0.364. The summed E-state index contributed by atoms with van der Waals surface area (Å²) in [6.45, 7) is 0.122. The van der Waals surface area contributed by atoms with E-state index >= 15 is 0 Å². The molecular formula is C11H11ClN6O2S. The standard InChI is InChI=1S/C11H11ClN6O2S/c12-11-17-16-10(21-11)9(20)15-7-3-13-18(4-7)5-8(19)14-6-1-2-6/h3-4,6H,1-2,5H2,(H,14,19)(H,15,20). The molecule has 0 radical (unpaired) electrons. The molecule has 110 valence electrons. The fourth-order valence-electron chi connectivity index (χ4n) is 1.64. The highest BCUT2D eigenvalue weighted by Crippen LogP contribution is 2.18. The fourth-order valence-corrected chi connectivity index (χ4v) is 2.37. The van der Waals surface area contributed by atoms with Gasteiger partial charge in [-0.1, -0.05) is 11.3 Å². The number of carbonyl (C=O) groups excluding carboxylic acids is 2. The van der Waals surface area contributed by atoms with E-state index in [1.807, 2.05) is 0 Å². The van der Waals surface area contributed by atoms with E-state index in [0.29, 0.717) is 11.7 Å². The second-order valence-electron chi connectivity index (χ2n) is 4.58. The van der Waals surface area contributed by atoms with Gasteiger partial charge in [-0.2, -0.15) is 5.10 Å². The molecule has 1 saturated carbocycles. The Balaban J connectivity index is 1.56. The van der Waals surface area contributed by atoms with Gasteiger partial charge in [0.05, 0.1) is 11.9 Å². The molecule has 2 heterocycles. The minimum absolute atomic E-state index is 0.0885. The summed E-state index contributed by atoms with van der Waals surface area (Å²) < 4.78 is 1.66. The van der Waals surface area contributed by atoms with Crippen LogP contribution in [-0.2, 0) is 11.3 Å². The molecule has 10 heteroatoms. The number of nitrogens with one attached hydrogen (secondary N) is 2. The summed E-state index contributed by atoms with van der Waals surface area (Å²) >= 11 is 6.61. The molecule has 2 aromatic heterocycles. The van der Waals surface area contributed by atoms with Crippen LogP contribution in [-0.4, -0.2) is 37.8 Å². The van der Waals surface area contributed by atoms with Crippen LogP contribution in [0.2, 0.25) is 4.47 Å². The van der Waals surface area contributed by atoms with Crippen LogP contribution in [0.4, 0.5) is 5.69 Å². The molecule has 0 saturated heterocycles. The number of hydrogen-bond acceptors (Lipinski definition) is 6. The first-order valence-electron chi connectivity index (χ1n) is 6.22. The highest BCUT2D eigenvalue weighted by Gasteiger charge is 2.23. The summed E-state index contributed by atoms with van der Waals surface area (Å²) in [4.78, 5) is 23.5. The van der Waals surface area contributed by atoms with E-state index in [9.17, 15) is 9.59 Å². The Morgan fingerprint density at radius 1 is 1.43 bits per heavy atom. The molecule has 21 heavy (non-hydrogen) atoms. The Morgan fingerprint density at radius 2 is 2.24 bits per heavy atom. The van der Waals surface area contributed by atoms with Crippen LogP contribution in [0.15, 0.2) is 12.4 Å². The molecule has 2 amide bonds. The molecule has 0 atom stereocenters. The summed E-state index contributed by atoms with van der Waals surface area (Å²) in [6.07, 6.45) is 5.12. The first kappa shape index (κ1) is 14.0. The lowest BCUT2D eigenvalue weighted by atomic mass is 10.5. The van der Waals surface area contributed by atoms with Crippen LogP contribution >= 0.6 is 22.9 Å². The van der Waals surface area contributed by atoms with Gasteiger partial charge in [-0.25, -0.2) is 0 Å². The van der Waals surface area contributed by atoms with E-state index in [2.05, 4.69) is 25.9 Å². The van der Waals surface area contributed by atoms with Crippen LogP contribution < -0.4 is 10.6 Å². The quantitative estimate of drug-likeness (QED) is 0.850. The second kappa shape index (κ2) is 5.78. The van der Waals surface area contributed by atoms with Crippen molar-refractivity contribution < 1.29 is 9.59 Å². The van der Waals surface area contributed by atoms with Crippen molar-refractivity contribution in [3.05, 3.63) is 21.9 Å². The lowest BCUT2D eigenvalue weighted by molar-refractivity contribution is -0.122. The number of amides is 2. The maximum Gasteiger partial charge on any atom is 0.286 e.